The van der Waals surface area contributed by atoms with E-state index in [4.69, 9.17) is 4.74 Å². The number of aliphatic hydroxyl groups excluding tert-OH is 1. The van der Waals surface area contributed by atoms with Gasteiger partial charge in [0.2, 0.25) is 0 Å². The summed E-state index contributed by atoms with van der Waals surface area (Å²) in [5.74, 6) is 0.195. The summed E-state index contributed by atoms with van der Waals surface area (Å²) in [6.45, 7) is 1.28. The zero-order chi connectivity index (χ0) is 11.4. The number of hydrogen-bond donors (Lipinski definition) is 1. The summed E-state index contributed by atoms with van der Waals surface area (Å²) in [5, 5.41) is 10.1. The molecule has 1 N–H and O–H groups in total. The molecule has 2 atom stereocenters. The number of aliphatic hydroxyl groups is 1. The van der Waals surface area contributed by atoms with Crippen LogP contribution in [0.2, 0.25) is 0 Å². The van der Waals surface area contributed by atoms with E-state index in [9.17, 15) is 9.90 Å². The topological polar surface area (TPSA) is 46.5 Å². The normalized spacial score (nSPS) is 29.9. The molecule has 16 heavy (non-hydrogen) atoms. The third-order valence-electron chi connectivity index (χ3n) is 3.95. The molecule has 0 radical (unpaired) electrons. The minimum Gasteiger partial charge on any atom is -0.385 e. The van der Waals surface area contributed by atoms with E-state index in [1.165, 1.54) is 6.42 Å². The van der Waals surface area contributed by atoms with Gasteiger partial charge in [-0.05, 0) is 31.6 Å². The van der Waals surface area contributed by atoms with Crippen molar-refractivity contribution in [3.05, 3.63) is 0 Å². The lowest BCUT2D eigenvalue weighted by atomic mass is 9.80. The minimum absolute atomic E-state index is 0.0339. The summed E-state index contributed by atoms with van der Waals surface area (Å²) in [7, 11) is 0. The highest BCUT2D eigenvalue weighted by molar-refractivity contribution is 5.85. The molecule has 1 heterocycles. The van der Waals surface area contributed by atoms with E-state index < -0.39 is 6.10 Å². The van der Waals surface area contributed by atoms with E-state index in [2.05, 4.69) is 0 Å². The summed E-state index contributed by atoms with van der Waals surface area (Å²) < 4.78 is 5.31. The predicted molar refractivity (Wildman–Crippen MR) is 61.1 cm³/mol. The first-order chi connectivity index (χ1) is 7.79. The molecule has 0 amide bonds. The molecule has 1 aliphatic heterocycles. The molecule has 2 aliphatic rings. The van der Waals surface area contributed by atoms with E-state index in [-0.39, 0.29) is 17.6 Å². The van der Waals surface area contributed by atoms with Gasteiger partial charge in [0.15, 0.2) is 5.78 Å². The number of ketones is 1. The van der Waals surface area contributed by atoms with Gasteiger partial charge in [-0.25, -0.2) is 0 Å². The molecule has 92 valence electrons. The van der Waals surface area contributed by atoms with Crippen molar-refractivity contribution in [2.45, 2.75) is 51.0 Å². The molecule has 0 aromatic rings. The monoisotopic (exact) mass is 226 g/mol. The Morgan fingerprint density at radius 3 is 2.50 bits per heavy atom. The van der Waals surface area contributed by atoms with Crippen LogP contribution in [0.4, 0.5) is 0 Å². The average Bonchev–Trinajstić information content (AvgIpc) is 2.39. The summed E-state index contributed by atoms with van der Waals surface area (Å²) in [6.07, 6.45) is 6.72. The summed E-state index contributed by atoms with van der Waals surface area (Å²) in [4.78, 5) is 12.1. The van der Waals surface area contributed by atoms with Crippen molar-refractivity contribution in [2.24, 2.45) is 11.8 Å². The molecule has 0 aromatic carbocycles. The first-order valence-electron chi connectivity index (χ1n) is 6.58. The largest absolute Gasteiger partial charge is 0.385 e. The van der Waals surface area contributed by atoms with Gasteiger partial charge in [-0.2, -0.15) is 0 Å². The van der Waals surface area contributed by atoms with E-state index in [0.29, 0.717) is 6.61 Å². The molecule has 2 unspecified atom stereocenters. The molecule has 0 aromatic heterocycles. The van der Waals surface area contributed by atoms with Gasteiger partial charge in [-0.15, -0.1) is 0 Å². The molecule has 1 saturated carbocycles. The number of carbonyl (C=O) groups excluding carboxylic acids is 1. The number of rotatable bonds is 3. The fourth-order valence-electron chi connectivity index (χ4n) is 2.89. The number of Topliss-reactive ketones (excluding diaryl/α,β-unsaturated/α-hetero) is 1. The van der Waals surface area contributed by atoms with Crippen molar-refractivity contribution in [1.82, 2.24) is 0 Å². The standard InChI is InChI=1S/C13H22O3/c14-12(10-5-2-1-3-6-10)13(15)11-7-4-8-16-9-11/h10-12,14H,1-9H2. The van der Waals surface area contributed by atoms with Gasteiger partial charge in [0.05, 0.1) is 6.61 Å². The molecule has 1 saturated heterocycles. The second-order valence-electron chi connectivity index (χ2n) is 5.16. The van der Waals surface area contributed by atoms with Crippen molar-refractivity contribution in [1.29, 1.82) is 0 Å². The van der Waals surface area contributed by atoms with Crippen molar-refractivity contribution in [3.8, 4) is 0 Å². The lowest BCUT2D eigenvalue weighted by molar-refractivity contribution is -0.138. The first kappa shape index (κ1) is 12.1. The zero-order valence-electron chi connectivity index (χ0n) is 9.86. The van der Waals surface area contributed by atoms with Gasteiger partial charge >= 0.3 is 0 Å². The Hall–Kier alpha value is -0.410. The maximum absolute atomic E-state index is 12.1. The Morgan fingerprint density at radius 2 is 1.88 bits per heavy atom. The maximum Gasteiger partial charge on any atom is 0.166 e. The summed E-state index contributed by atoms with van der Waals surface area (Å²) in [6, 6.07) is 0. The van der Waals surface area contributed by atoms with Crippen LogP contribution in [0.3, 0.4) is 0 Å². The Bertz CT molecular complexity index is 227. The Balaban J connectivity index is 1.86. The van der Waals surface area contributed by atoms with Gasteiger partial charge in [-0.1, -0.05) is 19.3 Å². The second kappa shape index (κ2) is 5.78. The van der Waals surface area contributed by atoms with Crippen LogP contribution >= 0.6 is 0 Å². The van der Waals surface area contributed by atoms with E-state index in [0.717, 1.165) is 45.1 Å². The maximum atomic E-state index is 12.1. The van der Waals surface area contributed by atoms with Crippen molar-refractivity contribution >= 4 is 5.78 Å². The van der Waals surface area contributed by atoms with Gasteiger partial charge in [0.25, 0.3) is 0 Å². The van der Waals surface area contributed by atoms with Crippen LogP contribution in [0.5, 0.6) is 0 Å². The second-order valence-corrected chi connectivity index (χ2v) is 5.16. The molecular formula is C13H22O3. The Kier molecular flexibility index (Phi) is 4.36. The third-order valence-corrected chi connectivity index (χ3v) is 3.95. The van der Waals surface area contributed by atoms with Crippen molar-refractivity contribution < 1.29 is 14.6 Å². The summed E-state index contributed by atoms with van der Waals surface area (Å²) >= 11 is 0. The number of ether oxygens (including phenoxy) is 1. The van der Waals surface area contributed by atoms with Crippen LogP contribution in [-0.4, -0.2) is 30.2 Å². The first-order valence-corrected chi connectivity index (χ1v) is 6.58. The summed E-state index contributed by atoms with van der Waals surface area (Å²) in [5.41, 5.74) is 0. The Morgan fingerprint density at radius 1 is 1.12 bits per heavy atom. The quantitative estimate of drug-likeness (QED) is 0.799. The predicted octanol–water partition coefficient (Wildman–Crippen LogP) is 1.92. The van der Waals surface area contributed by atoms with Gasteiger partial charge < -0.3 is 9.84 Å². The minimum atomic E-state index is -0.730. The average molecular weight is 226 g/mol. The molecule has 2 rings (SSSR count). The SMILES string of the molecule is O=C(C1CCCOC1)C(O)C1CCCCC1. The highest BCUT2D eigenvalue weighted by Gasteiger charge is 2.33. The van der Waals surface area contributed by atoms with Gasteiger partial charge in [-0.3, -0.25) is 4.79 Å². The van der Waals surface area contributed by atoms with Crippen molar-refractivity contribution in [2.75, 3.05) is 13.2 Å². The molecule has 1 aliphatic carbocycles. The highest BCUT2D eigenvalue weighted by atomic mass is 16.5. The van der Waals surface area contributed by atoms with Crippen LogP contribution in [0.25, 0.3) is 0 Å². The molecule has 2 fully saturated rings. The van der Waals surface area contributed by atoms with Crippen LogP contribution in [-0.2, 0) is 9.53 Å². The highest BCUT2D eigenvalue weighted by Crippen LogP contribution is 2.29. The zero-order valence-corrected chi connectivity index (χ0v) is 9.86. The number of hydrogen-bond acceptors (Lipinski definition) is 3. The molecule has 3 heteroatoms. The smallest absolute Gasteiger partial charge is 0.166 e. The van der Waals surface area contributed by atoms with E-state index in [1.807, 2.05) is 0 Å². The molecule has 3 nitrogen and oxygen atoms in total. The lowest BCUT2D eigenvalue weighted by Crippen LogP contribution is -2.38. The molecule has 0 spiro atoms. The number of carbonyl (C=O) groups is 1. The molecule has 0 bridgehead atoms. The molecular weight excluding hydrogens is 204 g/mol. The van der Waals surface area contributed by atoms with Crippen LogP contribution in [0.15, 0.2) is 0 Å². The third kappa shape index (κ3) is 2.83. The van der Waals surface area contributed by atoms with Gasteiger partial charge in [0.1, 0.15) is 6.10 Å². The van der Waals surface area contributed by atoms with Crippen molar-refractivity contribution in [3.63, 3.8) is 0 Å². The van der Waals surface area contributed by atoms with Crippen LogP contribution in [0.1, 0.15) is 44.9 Å². The van der Waals surface area contributed by atoms with Crippen LogP contribution in [0, 0.1) is 11.8 Å². The fraction of sp³-hybridized carbons (Fsp3) is 0.923. The van der Waals surface area contributed by atoms with Crippen LogP contribution < -0.4 is 0 Å². The van der Waals surface area contributed by atoms with E-state index in [1.54, 1.807) is 0 Å². The Labute approximate surface area is 97.2 Å². The van der Waals surface area contributed by atoms with Gasteiger partial charge in [0, 0.05) is 12.5 Å². The lowest BCUT2D eigenvalue weighted by Gasteiger charge is -2.29. The fourth-order valence-corrected chi connectivity index (χ4v) is 2.89. The van der Waals surface area contributed by atoms with E-state index >= 15 is 0 Å².